The zero-order chi connectivity index (χ0) is 12.2. The highest BCUT2D eigenvalue weighted by Gasteiger charge is 2.22. The first-order valence-corrected chi connectivity index (χ1v) is 7.67. The van der Waals surface area contributed by atoms with Crippen LogP contribution < -0.4 is 5.73 Å². The summed E-state index contributed by atoms with van der Waals surface area (Å²) in [7, 11) is -3.00. The molecule has 0 radical (unpaired) electrons. The van der Waals surface area contributed by atoms with Gasteiger partial charge in [-0.15, -0.1) is 0 Å². The molecule has 16 heavy (non-hydrogen) atoms. The summed E-state index contributed by atoms with van der Waals surface area (Å²) in [5.74, 6) is 0. The van der Waals surface area contributed by atoms with E-state index in [1.807, 2.05) is 6.92 Å². The lowest BCUT2D eigenvalue weighted by Gasteiger charge is -2.33. The molecule has 5 nitrogen and oxygen atoms in total. The average Bonchev–Trinajstić information content (AvgIpc) is 2.16. The van der Waals surface area contributed by atoms with Gasteiger partial charge in [-0.1, -0.05) is 0 Å². The average molecular weight is 249 g/mol. The van der Waals surface area contributed by atoms with Gasteiger partial charge in [-0.3, -0.25) is 0 Å². The second-order valence-corrected chi connectivity index (χ2v) is 6.61. The van der Waals surface area contributed by atoms with Gasteiger partial charge < -0.3 is 10.6 Å². The Balaban J connectivity index is 2.22. The predicted octanol–water partition coefficient (Wildman–Crippen LogP) is -0.309. The van der Waals surface area contributed by atoms with E-state index in [-0.39, 0.29) is 6.04 Å². The largest absolute Gasteiger partial charge is 0.328 e. The Morgan fingerprint density at radius 2 is 1.81 bits per heavy atom. The maximum Gasteiger partial charge on any atom is 0.211 e. The normalized spacial score (nSPS) is 22.2. The fourth-order valence-electron chi connectivity index (χ4n) is 1.92. The van der Waals surface area contributed by atoms with Crippen LogP contribution in [0.2, 0.25) is 0 Å². The van der Waals surface area contributed by atoms with Crippen molar-refractivity contribution in [3.63, 3.8) is 0 Å². The van der Waals surface area contributed by atoms with Crippen molar-refractivity contribution in [3.05, 3.63) is 0 Å². The van der Waals surface area contributed by atoms with E-state index in [4.69, 9.17) is 5.73 Å². The van der Waals surface area contributed by atoms with Crippen LogP contribution in [0.3, 0.4) is 0 Å². The SMILES string of the molecule is CC(N)CCCN1CCN(S(C)(=O)=O)CC1. The van der Waals surface area contributed by atoms with Crippen LogP contribution in [-0.2, 0) is 10.0 Å². The molecule has 0 bridgehead atoms. The van der Waals surface area contributed by atoms with Gasteiger partial charge in [0.2, 0.25) is 10.0 Å². The van der Waals surface area contributed by atoms with E-state index in [1.54, 1.807) is 4.31 Å². The molecule has 0 spiro atoms. The van der Waals surface area contributed by atoms with Crippen LogP contribution in [0.5, 0.6) is 0 Å². The summed E-state index contributed by atoms with van der Waals surface area (Å²) in [6.07, 6.45) is 3.40. The molecule has 1 aliphatic rings. The quantitative estimate of drug-likeness (QED) is 0.726. The van der Waals surface area contributed by atoms with Gasteiger partial charge in [0.05, 0.1) is 6.26 Å². The fraction of sp³-hybridized carbons (Fsp3) is 1.00. The summed E-state index contributed by atoms with van der Waals surface area (Å²) in [6.45, 7) is 5.97. The number of piperazine rings is 1. The standard InChI is InChI=1S/C10H23N3O2S/c1-10(11)4-3-5-12-6-8-13(9-7-12)16(2,14)15/h10H,3-9,11H2,1-2H3. The first kappa shape index (κ1) is 13.9. The molecule has 0 saturated carbocycles. The predicted molar refractivity (Wildman–Crippen MR) is 65.7 cm³/mol. The Morgan fingerprint density at radius 3 is 2.25 bits per heavy atom. The summed E-state index contributed by atoms with van der Waals surface area (Å²) in [6, 6.07) is 0.261. The highest BCUT2D eigenvalue weighted by atomic mass is 32.2. The van der Waals surface area contributed by atoms with Crippen molar-refractivity contribution in [2.75, 3.05) is 39.0 Å². The molecule has 2 N–H and O–H groups in total. The van der Waals surface area contributed by atoms with Crippen LogP contribution >= 0.6 is 0 Å². The van der Waals surface area contributed by atoms with Crippen LogP contribution in [0, 0.1) is 0 Å². The van der Waals surface area contributed by atoms with E-state index in [0.29, 0.717) is 13.1 Å². The van der Waals surface area contributed by atoms with Gasteiger partial charge >= 0.3 is 0 Å². The monoisotopic (exact) mass is 249 g/mol. The van der Waals surface area contributed by atoms with Crippen molar-refractivity contribution >= 4 is 10.0 Å². The second kappa shape index (κ2) is 5.95. The minimum atomic E-state index is -3.00. The molecule has 6 heteroatoms. The Morgan fingerprint density at radius 1 is 1.25 bits per heavy atom. The van der Waals surface area contributed by atoms with Crippen molar-refractivity contribution in [1.29, 1.82) is 0 Å². The molecule has 0 aromatic heterocycles. The maximum absolute atomic E-state index is 11.3. The van der Waals surface area contributed by atoms with Crippen molar-refractivity contribution in [2.24, 2.45) is 5.73 Å². The molecule has 0 aromatic rings. The van der Waals surface area contributed by atoms with Crippen LogP contribution in [0.15, 0.2) is 0 Å². The van der Waals surface area contributed by atoms with Crippen LogP contribution in [0.25, 0.3) is 0 Å². The summed E-state index contributed by atoms with van der Waals surface area (Å²) >= 11 is 0. The van der Waals surface area contributed by atoms with Gasteiger partial charge in [-0.25, -0.2) is 8.42 Å². The first-order valence-electron chi connectivity index (χ1n) is 5.82. The van der Waals surface area contributed by atoms with Crippen molar-refractivity contribution < 1.29 is 8.42 Å². The van der Waals surface area contributed by atoms with Gasteiger partial charge in [-0.05, 0) is 26.3 Å². The van der Waals surface area contributed by atoms with Gasteiger partial charge in [0, 0.05) is 32.2 Å². The van der Waals surface area contributed by atoms with Crippen molar-refractivity contribution in [2.45, 2.75) is 25.8 Å². The van der Waals surface area contributed by atoms with E-state index in [1.165, 1.54) is 6.26 Å². The molecule has 1 rings (SSSR count). The highest BCUT2D eigenvalue weighted by Crippen LogP contribution is 2.07. The molecular weight excluding hydrogens is 226 g/mol. The lowest BCUT2D eigenvalue weighted by Crippen LogP contribution is -2.48. The van der Waals surface area contributed by atoms with E-state index in [9.17, 15) is 8.42 Å². The molecule has 0 amide bonds. The molecule has 0 aliphatic carbocycles. The third kappa shape index (κ3) is 4.78. The minimum Gasteiger partial charge on any atom is -0.328 e. The Hall–Kier alpha value is -0.170. The smallest absolute Gasteiger partial charge is 0.211 e. The lowest BCUT2D eigenvalue weighted by molar-refractivity contribution is 0.185. The number of nitrogens with zero attached hydrogens (tertiary/aromatic N) is 2. The third-order valence-electron chi connectivity index (χ3n) is 2.93. The van der Waals surface area contributed by atoms with E-state index in [2.05, 4.69) is 4.90 Å². The summed E-state index contributed by atoms with van der Waals surface area (Å²) in [4.78, 5) is 2.31. The zero-order valence-electron chi connectivity index (χ0n) is 10.2. The Bertz CT molecular complexity index is 295. The van der Waals surface area contributed by atoms with Gasteiger partial charge in [-0.2, -0.15) is 4.31 Å². The molecule has 1 aliphatic heterocycles. The summed E-state index contributed by atoms with van der Waals surface area (Å²) < 4.78 is 24.1. The molecule has 1 heterocycles. The molecule has 96 valence electrons. The van der Waals surface area contributed by atoms with Crippen LogP contribution in [0.4, 0.5) is 0 Å². The molecule has 1 unspecified atom stereocenters. The van der Waals surface area contributed by atoms with Gasteiger partial charge in [0.15, 0.2) is 0 Å². The van der Waals surface area contributed by atoms with E-state index >= 15 is 0 Å². The minimum absolute atomic E-state index is 0.261. The molecule has 0 aromatic carbocycles. The van der Waals surface area contributed by atoms with Gasteiger partial charge in [0.1, 0.15) is 0 Å². The molecule has 1 atom stereocenters. The zero-order valence-corrected chi connectivity index (χ0v) is 11.0. The Labute approximate surface area is 98.6 Å². The number of nitrogens with two attached hydrogens (primary N) is 1. The van der Waals surface area contributed by atoms with Crippen LogP contribution in [0.1, 0.15) is 19.8 Å². The summed E-state index contributed by atoms with van der Waals surface area (Å²) in [5, 5.41) is 0. The Kier molecular flexibility index (Phi) is 5.17. The number of hydrogen-bond donors (Lipinski definition) is 1. The maximum atomic E-state index is 11.3. The highest BCUT2D eigenvalue weighted by molar-refractivity contribution is 7.88. The number of sulfonamides is 1. The second-order valence-electron chi connectivity index (χ2n) is 4.62. The molecular formula is C10H23N3O2S. The van der Waals surface area contributed by atoms with Gasteiger partial charge in [0.25, 0.3) is 0 Å². The molecule has 1 fully saturated rings. The number of hydrogen-bond acceptors (Lipinski definition) is 4. The fourth-order valence-corrected chi connectivity index (χ4v) is 2.75. The molecule has 1 saturated heterocycles. The van der Waals surface area contributed by atoms with Crippen LogP contribution in [-0.4, -0.2) is 62.6 Å². The summed E-state index contributed by atoms with van der Waals surface area (Å²) in [5.41, 5.74) is 5.68. The van der Waals surface area contributed by atoms with Crippen molar-refractivity contribution in [3.8, 4) is 0 Å². The lowest BCUT2D eigenvalue weighted by atomic mass is 10.2. The third-order valence-corrected chi connectivity index (χ3v) is 4.24. The topological polar surface area (TPSA) is 66.6 Å². The van der Waals surface area contributed by atoms with E-state index in [0.717, 1.165) is 32.5 Å². The van der Waals surface area contributed by atoms with Crippen molar-refractivity contribution in [1.82, 2.24) is 9.21 Å². The van der Waals surface area contributed by atoms with E-state index < -0.39 is 10.0 Å². The number of rotatable bonds is 5. The first-order chi connectivity index (χ1) is 7.39.